The Labute approximate surface area is 135 Å². The quantitative estimate of drug-likeness (QED) is 0.797. The van der Waals surface area contributed by atoms with Gasteiger partial charge in [0.2, 0.25) is 5.91 Å². The third-order valence-electron chi connectivity index (χ3n) is 3.82. The summed E-state index contributed by atoms with van der Waals surface area (Å²) >= 11 is 5.96. The van der Waals surface area contributed by atoms with Gasteiger partial charge in [-0.15, -0.1) is 0 Å². The summed E-state index contributed by atoms with van der Waals surface area (Å²) in [4.78, 5) is 24.5. The molecule has 1 aromatic carbocycles. The molecular weight excluding hydrogens is 302 g/mol. The van der Waals surface area contributed by atoms with Gasteiger partial charge in [0.05, 0.1) is 11.3 Å². The Morgan fingerprint density at radius 2 is 2.18 bits per heavy atom. The molecule has 3 N–H and O–H groups in total. The van der Waals surface area contributed by atoms with E-state index in [2.05, 4.69) is 22.9 Å². The van der Waals surface area contributed by atoms with Crippen LogP contribution in [0, 0.1) is 5.92 Å². The second kappa shape index (κ2) is 7.61. The first-order valence-corrected chi connectivity index (χ1v) is 8.01. The largest absolute Gasteiger partial charge is 0.352 e. The molecule has 0 unspecified atom stereocenters. The van der Waals surface area contributed by atoms with Crippen molar-refractivity contribution in [3.63, 3.8) is 0 Å². The van der Waals surface area contributed by atoms with Crippen LogP contribution in [-0.4, -0.2) is 30.9 Å². The monoisotopic (exact) mass is 323 g/mol. The van der Waals surface area contributed by atoms with E-state index in [1.807, 2.05) is 6.92 Å². The molecule has 0 aromatic heterocycles. The molecule has 0 bridgehead atoms. The molecule has 1 fully saturated rings. The molecule has 1 aliphatic rings. The minimum atomic E-state index is -0.237. The van der Waals surface area contributed by atoms with Gasteiger partial charge in [-0.2, -0.15) is 0 Å². The highest BCUT2D eigenvalue weighted by molar-refractivity contribution is 6.31. The van der Waals surface area contributed by atoms with Crippen LogP contribution in [0.5, 0.6) is 0 Å². The van der Waals surface area contributed by atoms with Crippen LogP contribution in [0.15, 0.2) is 18.2 Å². The Kier molecular flexibility index (Phi) is 5.80. The number of hydrogen-bond acceptors (Lipinski definition) is 3. The van der Waals surface area contributed by atoms with Crippen molar-refractivity contribution < 1.29 is 9.59 Å². The summed E-state index contributed by atoms with van der Waals surface area (Å²) in [6.07, 6.45) is 1.61. The van der Waals surface area contributed by atoms with Gasteiger partial charge in [0.1, 0.15) is 0 Å². The highest BCUT2D eigenvalue weighted by Crippen LogP contribution is 2.23. The number of halogens is 1. The predicted octanol–water partition coefficient (Wildman–Crippen LogP) is 2.42. The molecule has 2 amide bonds. The van der Waals surface area contributed by atoms with Gasteiger partial charge in [0.25, 0.3) is 5.91 Å². The highest BCUT2D eigenvalue weighted by Gasteiger charge is 2.25. The molecule has 0 radical (unpaired) electrons. The number of carbonyl (C=O) groups excluding carboxylic acids is 2. The standard InChI is InChI=1S/C16H22ClN3O2/c1-3-18-16(22)13-9-12(17)4-5-14(13)20-15(21)11-6-7-19-10(2)8-11/h4-5,9-11,19H,3,6-8H2,1-2H3,(H,18,22)(H,20,21)/t10-,11-/m0/s1. The lowest BCUT2D eigenvalue weighted by Crippen LogP contribution is -2.40. The third-order valence-corrected chi connectivity index (χ3v) is 4.05. The van der Waals surface area contributed by atoms with Crippen molar-refractivity contribution in [3.8, 4) is 0 Å². The van der Waals surface area contributed by atoms with Crippen molar-refractivity contribution in [1.29, 1.82) is 0 Å². The van der Waals surface area contributed by atoms with E-state index in [9.17, 15) is 9.59 Å². The average Bonchev–Trinajstić information content (AvgIpc) is 2.49. The molecule has 2 rings (SSSR count). The molecule has 0 saturated carbocycles. The smallest absolute Gasteiger partial charge is 0.253 e. The zero-order chi connectivity index (χ0) is 16.1. The summed E-state index contributed by atoms with van der Waals surface area (Å²) in [5, 5.41) is 9.40. The number of piperidine rings is 1. The summed E-state index contributed by atoms with van der Waals surface area (Å²) < 4.78 is 0. The van der Waals surface area contributed by atoms with E-state index in [0.717, 1.165) is 19.4 Å². The van der Waals surface area contributed by atoms with Crippen LogP contribution in [0.2, 0.25) is 5.02 Å². The maximum absolute atomic E-state index is 12.4. The van der Waals surface area contributed by atoms with Gasteiger partial charge >= 0.3 is 0 Å². The van der Waals surface area contributed by atoms with Crippen molar-refractivity contribution in [2.24, 2.45) is 5.92 Å². The SMILES string of the molecule is CCNC(=O)c1cc(Cl)ccc1NC(=O)[C@H]1CCN[C@@H](C)C1. The topological polar surface area (TPSA) is 70.2 Å². The van der Waals surface area contributed by atoms with E-state index in [1.54, 1.807) is 18.2 Å². The van der Waals surface area contributed by atoms with Crippen LogP contribution in [0.1, 0.15) is 37.0 Å². The number of hydrogen-bond donors (Lipinski definition) is 3. The lowest BCUT2D eigenvalue weighted by molar-refractivity contribution is -0.120. The van der Waals surface area contributed by atoms with Gasteiger partial charge in [-0.05, 0) is 51.4 Å². The van der Waals surface area contributed by atoms with Gasteiger partial charge in [-0.1, -0.05) is 11.6 Å². The van der Waals surface area contributed by atoms with Crippen LogP contribution < -0.4 is 16.0 Å². The van der Waals surface area contributed by atoms with Gasteiger partial charge in [0, 0.05) is 23.5 Å². The first kappa shape index (κ1) is 16.8. The molecule has 5 nitrogen and oxygen atoms in total. The van der Waals surface area contributed by atoms with Crippen LogP contribution in [0.25, 0.3) is 0 Å². The summed E-state index contributed by atoms with van der Waals surface area (Å²) in [6, 6.07) is 5.26. The van der Waals surface area contributed by atoms with Crippen LogP contribution in [-0.2, 0) is 4.79 Å². The zero-order valence-corrected chi connectivity index (χ0v) is 13.7. The van der Waals surface area contributed by atoms with Gasteiger partial charge in [-0.25, -0.2) is 0 Å². The normalized spacial score (nSPS) is 21.2. The Hall–Kier alpha value is -1.59. The average molecular weight is 324 g/mol. The van der Waals surface area contributed by atoms with E-state index >= 15 is 0 Å². The molecule has 1 aromatic rings. The minimum Gasteiger partial charge on any atom is -0.352 e. The molecule has 0 aliphatic carbocycles. The Morgan fingerprint density at radius 3 is 2.86 bits per heavy atom. The lowest BCUT2D eigenvalue weighted by atomic mass is 9.92. The molecule has 2 atom stereocenters. The molecule has 1 heterocycles. The Balaban J connectivity index is 2.14. The predicted molar refractivity (Wildman–Crippen MR) is 88.3 cm³/mol. The van der Waals surface area contributed by atoms with Gasteiger partial charge in [-0.3, -0.25) is 9.59 Å². The second-order valence-electron chi connectivity index (χ2n) is 5.62. The number of carbonyl (C=O) groups is 2. The van der Waals surface area contributed by atoms with Gasteiger partial charge < -0.3 is 16.0 Å². The summed E-state index contributed by atoms with van der Waals surface area (Å²) in [7, 11) is 0. The van der Waals surface area contributed by atoms with Crippen molar-refractivity contribution >= 4 is 29.1 Å². The fourth-order valence-electron chi connectivity index (χ4n) is 2.67. The zero-order valence-electron chi connectivity index (χ0n) is 12.9. The first-order valence-electron chi connectivity index (χ1n) is 7.63. The van der Waals surface area contributed by atoms with E-state index in [-0.39, 0.29) is 17.7 Å². The van der Waals surface area contributed by atoms with Crippen LogP contribution in [0.3, 0.4) is 0 Å². The third kappa shape index (κ3) is 4.21. The van der Waals surface area contributed by atoms with Crippen LogP contribution >= 0.6 is 11.6 Å². The second-order valence-corrected chi connectivity index (χ2v) is 6.05. The van der Waals surface area contributed by atoms with E-state index < -0.39 is 0 Å². The molecule has 22 heavy (non-hydrogen) atoms. The molecule has 1 saturated heterocycles. The van der Waals surface area contributed by atoms with Crippen molar-refractivity contribution in [2.75, 3.05) is 18.4 Å². The van der Waals surface area contributed by atoms with Crippen LogP contribution in [0.4, 0.5) is 5.69 Å². The molecule has 0 spiro atoms. The van der Waals surface area contributed by atoms with E-state index in [0.29, 0.717) is 28.9 Å². The number of benzene rings is 1. The van der Waals surface area contributed by atoms with Gasteiger partial charge in [0.15, 0.2) is 0 Å². The first-order chi connectivity index (χ1) is 10.5. The molecule has 120 valence electrons. The highest BCUT2D eigenvalue weighted by atomic mass is 35.5. The maximum Gasteiger partial charge on any atom is 0.253 e. The number of anilines is 1. The Bertz CT molecular complexity index is 562. The summed E-state index contributed by atoms with van der Waals surface area (Å²) in [5.41, 5.74) is 0.899. The fourth-order valence-corrected chi connectivity index (χ4v) is 2.85. The number of nitrogens with one attached hydrogen (secondary N) is 3. The van der Waals surface area contributed by atoms with Crippen molar-refractivity contribution in [1.82, 2.24) is 10.6 Å². The Morgan fingerprint density at radius 1 is 1.41 bits per heavy atom. The fraction of sp³-hybridized carbons (Fsp3) is 0.500. The molecule has 1 aliphatic heterocycles. The molecule has 6 heteroatoms. The summed E-state index contributed by atoms with van der Waals surface area (Å²) in [6.45, 7) is 5.27. The van der Waals surface area contributed by atoms with E-state index in [4.69, 9.17) is 11.6 Å². The lowest BCUT2D eigenvalue weighted by Gasteiger charge is -2.27. The maximum atomic E-state index is 12.4. The van der Waals surface area contributed by atoms with E-state index in [1.165, 1.54) is 0 Å². The minimum absolute atomic E-state index is 0.0333. The van der Waals surface area contributed by atoms with Crippen molar-refractivity contribution in [2.45, 2.75) is 32.7 Å². The number of amides is 2. The van der Waals surface area contributed by atoms with Crippen molar-refractivity contribution in [3.05, 3.63) is 28.8 Å². The number of rotatable bonds is 4. The summed E-state index contributed by atoms with van der Waals surface area (Å²) in [5.74, 6) is -0.311. The molecular formula is C16H22ClN3O2.